The summed E-state index contributed by atoms with van der Waals surface area (Å²) >= 11 is 1.20. The lowest BCUT2D eigenvalue weighted by molar-refractivity contribution is -0.137. The van der Waals surface area contributed by atoms with Crippen molar-refractivity contribution in [3.05, 3.63) is 64.6 Å². The van der Waals surface area contributed by atoms with E-state index in [0.29, 0.717) is 16.2 Å². The number of rotatable bonds is 7. The topological polar surface area (TPSA) is 67.9 Å². The molecule has 2 aromatic rings. The van der Waals surface area contributed by atoms with E-state index < -0.39 is 29.8 Å². The first-order valence-electron chi connectivity index (χ1n) is 9.53. The second-order valence-corrected chi connectivity index (χ2v) is 7.88. The monoisotopic (exact) mass is 466 g/mol. The second kappa shape index (κ2) is 10.2. The highest BCUT2D eigenvalue weighted by atomic mass is 32.2. The van der Waals surface area contributed by atoms with Crippen molar-refractivity contribution >= 4 is 35.3 Å². The van der Waals surface area contributed by atoms with Crippen molar-refractivity contribution in [3.63, 3.8) is 0 Å². The number of thioether (sulfide) groups is 1. The average molecular weight is 466 g/mol. The van der Waals surface area contributed by atoms with Crippen molar-refractivity contribution < 1.29 is 32.2 Å². The summed E-state index contributed by atoms with van der Waals surface area (Å²) in [6.45, 7) is -0.126. The van der Waals surface area contributed by atoms with Gasteiger partial charge in [-0.05, 0) is 35.9 Å². The molecule has 2 aromatic carbocycles. The fourth-order valence-corrected chi connectivity index (χ4v) is 4.06. The largest absolute Gasteiger partial charge is 0.416 e. The lowest BCUT2D eigenvalue weighted by atomic mass is 10.1. The molecule has 0 aromatic heterocycles. The van der Waals surface area contributed by atoms with Gasteiger partial charge in [0, 0.05) is 19.1 Å². The summed E-state index contributed by atoms with van der Waals surface area (Å²) in [4.78, 5) is 28.0. The summed E-state index contributed by atoms with van der Waals surface area (Å²) in [5.74, 6) is -0.827. The van der Waals surface area contributed by atoms with Gasteiger partial charge in [-0.15, -0.1) is 0 Å². The number of benzene rings is 2. The minimum absolute atomic E-state index is 0.110. The summed E-state index contributed by atoms with van der Waals surface area (Å²) in [6.07, 6.45) is -3.54. The molecule has 1 heterocycles. The van der Waals surface area contributed by atoms with Crippen LogP contribution in [0.1, 0.15) is 11.1 Å². The fourth-order valence-electron chi connectivity index (χ4n) is 3.00. The van der Waals surface area contributed by atoms with Crippen molar-refractivity contribution in [2.45, 2.75) is 17.4 Å². The molecule has 2 amide bonds. The van der Waals surface area contributed by atoms with Crippen LogP contribution in [0.2, 0.25) is 0 Å². The normalized spacial score (nSPS) is 15.2. The Kier molecular flexibility index (Phi) is 7.60. The zero-order chi connectivity index (χ0) is 23.3. The molecule has 0 aliphatic carbocycles. The standard InChI is InChI=1S/C22H21F3N2O4S/c1-30-20(31-2)12-26-19(28)13-27-16-5-3-4-6-17(16)32-18(21(27)29)11-14-7-9-15(10-8-14)22(23,24)25/h3-11,20H,12-13H2,1-2H3,(H,26,28)/b18-11+. The maximum Gasteiger partial charge on any atom is 0.416 e. The maximum absolute atomic E-state index is 13.1. The Morgan fingerprint density at radius 2 is 1.78 bits per heavy atom. The van der Waals surface area contributed by atoms with E-state index in [-0.39, 0.29) is 13.1 Å². The Bertz CT molecular complexity index is 1000. The number of alkyl halides is 3. The third-order valence-corrected chi connectivity index (χ3v) is 5.74. The molecule has 1 aliphatic rings. The smallest absolute Gasteiger partial charge is 0.354 e. The van der Waals surface area contributed by atoms with Gasteiger partial charge in [0.1, 0.15) is 6.54 Å². The number of hydrogen-bond acceptors (Lipinski definition) is 5. The zero-order valence-electron chi connectivity index (χ0n) is 17.3. The number of carbonyl (C=O) groups excluding carboxylic acids is 2. The number of fused-ring (bicyclic) bond motifs is 1. The molecule has 0 bridgehead atoms. The predicted octanol–water partition coefficient (Wildman–Crippen LogP) is 3.92. The number of ether oxygens (including phenoxy) is 2. The van der Waals surface area contributed by atoms with E-state index in [1.165, 1.54) is 49.1 Å². The molecule has 0 saturated carbocycles. The molecule has 0 radical (unpaired) electrons. The first-order valence-corrected chi connectivity index (χ1v) is 10.3. The fraction of sp³-hybridized carbons (Fsp3) is 0.273. The van der Waals surface area contributed by atoms with Gasteiger partial charge >= 0.3 is 6.18 Å². The molecular formula is C22H21F3N2O4S. The molecule has 0 unspecified atom stereocenters. The number of halogens is 3. The second-order valence-electron chi connectivity index (χ2n) is 6.79. The van der Waals surface area contributed by atoms with E-state index in [9.17, 15) is 22.8 Å². The number of anilines is 1. The third kappa shape index (κ3) is 5.70. The first-order chi connectivity index (χ1) is 15.2. The van der Waals surface area contributed by atoms with Gasteiger partial charge in [-0.25, -0.2) is 0 Å². The Balaban J connectivity index is 1.83. The van der Waals surface area contributed by atoms with Crippen molar-refractivity contribution in [2.24, 2.45) is 0 Å². The Labute approximate surface area is 187 Å². The van der Waals surface area contributed by atoms with E-state index in [4.69, 9.17) is 9.47 Å². The molecule has 0 fully saturated rings. The van der Waals surface area contributed by atoms with Gasteiger partial charge in [-0.3, -0.25) is 14.5 Å². The van der Waals surface area contributed by atoms with Crippen LogP contribution in [-0.4, -0.2) is 45.4 Å². The van der Waals surface area contributed by atoms with Gasteiger partial charge in [0.05, 0.1) is 22.7 Å². The molecule has 0 spiro atoms. The van der Waals surface area contributed by atoms with Gasteiger partial charge in [0.25, 0.3) is 5.91 Å². The van der Waals surface area contributed by atoms with E-state index >= 15 is 0 Å². The molecule has 0 atom stereocenters. The summed E-state index contributed by atoms with van der Waals surface area (Å²) < 4.78 is 48.5. The lowest BCUT2D eigenvalue weighted by Crippen LogP contribution is -2.44. The van der Waals surface area contributed by atoms with Crippen LogP contribution in [-0.2, 0) is 25.2 Å². The maximum atomic E-state index is 13.1. The Hall–Kier alpha value is -2.82. The SMILES string of the molecule is COC(CNC(=O)CN1C(=O)/C(=C\c2ccc(C(F)(F)F)cc2)Sc2ccccc21)OC. The number of methoxy groups -OCH3 is 2. The van der Waals surface area contributed by atoms with Crippen molar-refractivity contribution in [3.8, 4) is 0 Å². The van der Waals surface area contributed by atoms with Gasteiger partial charge in [0.2, 0.25) is 5.91 Å². The number of para-hydroxylation sites is 1. The molecule has 10 heteroatoms. The summed E-state index contributed by atoms with van der Waals surface area (Å²) in [6, 6.07) is 11.6. The van der Waals surface area contributed by atoms with Crippen molar-refractivity contribution in [2.75, 3.05) is 32.2 Å². The van der Waals surface area contributed by atoms with Crippen LogP contribution in [0.5, 0.6) is 0 Å². The number of nitrogens with zero attached hydrogens (tertiary/aromatic N) is 1. The van der Waals surface area contributed by atoms with Gasteiger partial charge in [-0.2, -0.15) is 13.2 Å². The van der Waals surface area contributed by atoms with Crippen LogP contribution in [0.25, 0.3) is 6.08 Å². The third-order valence-electron chi connectivity index (χ3n) is 4.66. The molecule has 1 aliphatic heterocycles. The van der Waals surface area contributed by atoms with Gasteiger partial charge in [0.15, 0.2) is 6.29 Å². The molecule has 170 valence electrons. The molecule has 3 rings (SSSR count). The lowest BCUT2D eigenvalue weighted by Gasteiger charge is -2.30. The predicted molar refractivity (Wildman–Crippen MR) is 115 cm³/mol. The highest BCUT2D eigenvalue weighted by Gasteiger charge is 2.31. The summed E-state index contributed by atoms with van der Waals surface area (Å²) in [5.41, 5.74) is 0.259. The Morgan fingerprint density at radius 3 is 2.41 bits per heavy atom. The number of nitrogens with one attached hydrogen (secondary N) is 1. The summed E-state index contributed by atoms with van der Waals surface area (Å²) in [5, 5.41) is 2.65. The number of amides is 2. The van der Waals surface area contributed by atoms with E-state index in [0.717, 1.165) is 17.0 Å². The molecule has 0 saturated heterocycles. The molecule has 1 N–H and O–H groups in total. The van der Waals surface area contributed by atoms with Crippen LogP contribution >= 0.6 is 11.8 Å². The average Bonchev–Trinajstić information content (AvgIpc) is 2.77. The van der Waals surface area contributed by atoms with E-state index in [1.807, 2.05) is 6.07 Å². The van der Waals surface area contributed by atoms with E-state index in [2.05, 4.69) is 5.32 Å². The molecular weight excluding hydrogens is 445 g/mol. The van der Waals surface area contributed by atoms with Crippen LogP contribution in [0.4, 0.5) is 18.9 Å². The Morgan fingerprint density at radius 1 is 1.12 bits per heavy atom. The van der Waals surface area contributed by atoms with Crippen LogP contribution in [0.3, 0.4) is 0 Å². The van der Waals surface area contributed by atoms with Crippen LogP contribution in [0.15, 0.2) is 58.3 Å². The molecule has 32 heavy (non-hydrogen) atoms. The first kappa shape index (κ1) is 23.8. The summed E-state index contributed by atoms with van der Waals surface area (Å²) in [7, 11) is 2.89. The quantitative estimate of drug-likeness (QED) is 0.495. The van der Waals surface area contributed by atoms with Crippen molar-refractivity contribution in [1.29, 1.82) is 0 Å². The van der Waals surface area contributed by atoms with Crippen LogP contribution in [0, 0.1) is 0 Å². The number of hydrogen-bond donors (Lipinski definition) is 1. The minimum Gasteiger partial charge on any atom is -0.354 e. The van der Waals surface area contributed by atoms with Gasteiger partial charge < -0.3 is 14.8 Å². The highest BCUT2D eigenvalue weighted by molar-refractivity contribution is 8.04. The number of carbonyl (C=O) groups is 2. The van der Waals surface area contributed by atoms with Gasteiger partial charge in [-0.1, -0.05) is 36.0 Å². The van der Waals surface area contributed by atoms with Crippen molar-refractivity contribution in [1.82, 2.24) is 5.32 Å². The zero-order valence-corrected chi connectivity index (χ0v) is 18.1. The van der Waals surface area contributed by atoms with Crippen LogP contribution < -0.4 is 10.2 Å². The highest BCUT2D eigenvalue weighted by Crippen LogP contribution is 2.42. The molecule has 6 nitrogen and oxygen atoms in total. The minimum atomic E-state index is -4.44. The van der Waals surface area contributed by atoms with E-state index in [1.54, 1.807) is 18.2 Å².